The van der Waals surface area contributed by atoms with Crippen LogP contribution in [-0.4, -0.2) is 18.2 Å². The number of carbonyl (C=O) groups is 1. The highest BCUT2D eigenvalue weighted by atomic mass is 35.5. The maximum atomic E-state index is 11.8. The van der Waals surface area contributed by atoms with Gasteiger partial charge in [0.2, 0.25) is 0 Å². The van der Waals surface area contributed by atoms with E-state index < -0.39 is 0 Å². The molecule has 2 aromatic carbocycles. The zero-order chi connectivity index (χ0) is 15.9. The highest BCUT2D eigenvalue weighted by molar-refractivity contribution is 6.30. The van der Waals surface area contributed by atoms with E-state index in [1.807, 2.05) is 38.1 Å². The fourth-order valence-electron chi connectivity index (χ4n) is 1.74. The Kier molecular flexibility index (Phi) is 5.55. The second kappa shape index (κ2) is 7.61. The molecule has 1 N–H and O–H groups in total. The number of hydrazone groups is 1. The van der Waals surface area contributed by atoms with Crippen LogP contribution in [0.3, 0.4) is 0 Å². The van der Waals surface area contributed by atoms with Gasteiger partial charge in [-0.25, -0.2) is 5.43 Å². The molecule has 5 heteroatoms. The first kappa shape index (κ1) is 16.0. The van der Waals surface area contributed by atoms with E-state index in [0.717, 1.165) is 11.3 Å². The normalized spacial score (nSPS) is 10.9. The standard InChI is InChI=1S/C17H17ClN2O2/c1-12(2)22-16-9-3-13(4-10-16)11-19-20-17(21)14-5-7-15(18)8-6-14/h3-12H,1-2H3,(H,20,21)/b19-11+. The van der Waals surface area contributed by atoms with E-state index in [-0.39, 0.29) is 12.0 Å². The lowest BCUT2D eigenvalue weighted by Crippen LogP contribution is -2.17. The van der Waals surface area contributed by atoms with Gasteiger partial charge in [-0.15, -0.1) is 0 Å². The van der Waals surface area contributed by atoms with Gasteiger partial charge in [0.25, 0.3) is 5.91 Å². The summed E-state index contributed by atoms with van der Waals surface area (Å²) in [5.74, 6) is 0.519. The predicted octanol–water partition coefficient (Wildman–Crippen LogP) is 3.89. The number of benzene rings is 2. The van der Waals surface area contributed by atoms with E-state index in [2.05, 4.69) is 10.5 Å². The van der Waals surface area contributed by atoms with Crippen molar-refractivity contribution in [1.29, 1.82) is 0 Å². The van der Waals surface area contributed by atoms with Crippen LogP contribution in [-0.2, 0) is 0 Å². The van der Waals surface area contributed by atoms with E-state index in [4.69, 9.17) is 16.3 Å². The summed E-state index contributed by atoms with van der Waals surface area (Å²) in [7, 11) is 0. The molecule has 0 aliphatic carbocycles. The third kappa shape index (κ3) is 4.90. The van der Waals surface area contributed by atoms with Crippen LogP contribution >= 0.6 is 11.6 Å². The summed E-state index contributed by atoms with van der Waals surface area (Å²) in [4.78, 5) is 11.8. The molecule has 0 fully saturated rings. The minimum absolute atomic E-state index is 0.137. The molecule has 2 aromatic rings. The molecule has 0 spiro atoms. The van der Waals surface area contributed by atoms with Crippen molar-refractivity contribution >= 4 is 23.7 Å². The Labute approximate surface area is 134 Å². The molecule has 0 aliphatic heterocycles. The van der Waals surface area contributed by atoms with E-state index in [9.17, 15) is 4.79 Å². The topological polar surface area (TPSA) is 50.7 Å². The van der Waals surface area contributed by atoms with Gasteiger partial charge in [0, 0.05) is 10.6 Å². The molecule has 0 saturated carbocycles. The van der Waals surface area contributed by atoms with Crippen LogP contribution in [0.25, 0.3) is 0 Å². The maximum Gasteiger partial charge on any atom is 0.271 e. The minimum atomic E-state index is -0.285. The number of rotatable bonds is 5. The zero-order valence-corrected chi connectivity index (χ0v) is 13.2. The summed E-state index contributed by atoms with van der Waals surface area (Å²) in [6, 6.07) is 14.1. The molecule has 2 rings (SSSR count). The Hall–Kier alpha value is -2.33. The molecule has 0 heterocycles. The third-order valence-corrected chi connectivity index (χ3v) is 2.99. The first-order valence-electron chi connectivity index (χ1n) is 6.90. The van der Waals surface area contributed by atoms with Crippen LogP contribution < -0.4 is 10.2 Å². The fraction of sp³-hybridized carbons (Fsp3) is 0.176. The summed E-state index contributed by atoms with van der Waals surface area (Å²) < 4.78 is 5.55. The lowest BCUT2D eigenvalue weighted by Gasteiger charge is -2.09. The third-order valence-electron chi connectivity index (χ3n) is 2.74. The molecule has 1 amide bonds. The van der Waals surface area contributed by atoms with Crippen LogP contribution in [0.2, 0.25) is 5.02 Å². The van der Waals surface area contributed by atoms with E-state index in [1.165, 1.54) is 0 Å². The van der Waals surface area contributed by atoms with Crippen molar-refractivity contribution in [3.63, 3.8) is 0 Å². The van der Waals surface area contributed by atoms with Gasteiger partial charge in [-0.2, -0.15) is 5.10 Å². The second-order valence-corrected chi connectivity index (χ2v) is 5.38. The van der Waals surface area contributed by atoms with Gasteiger partial charge >= 0.3 is 0 Å². The molecule has 0 saturated heterocycles. The average molecular weight is 317 g/mol. The van der Waals surface area contributed by atoms with E-state index in [0.29, 0.717) is 10.6 Å². The van der Waals surface area contributed by atoms with Crippen molar-refractivity contribution in [3.8, 4) is 5.75 Å². The largest absolute Gasteiger partial charge is 0.491 e. The number of amides is 1. The highest BCUT2D eigenvalue weighted by Crippen LogP contribution is 2.13. The average Bonchev–Trinajstić information content (AvgIpc) is 2.49. The van der Waals surface area contributed by atoms with E-state index >= 15 is 0 Å². The first-order valence-corrected chi connectivity index (χ1v) is 7.28. The maximum absolute atomic E-state index is 11.8. The van der Waals surface area contributed by atoms with Crippen molar-refractivity contribution in [2.24, 2.45) is 5.10 Å². The van der Waals surface area contributed by atoms with Gasteiger partial charge < -0.3 is 4.74 Å². The molecule has 0 atom stereocenters. The molecular formula is C17H17ClN2O2. The van der Waals surface area contributed by atoms with Crippen LogP contribution in [0.5, 0.6) is 5.75 Å². The van der Waals surface area contributed by atoms with Gasteiger partial charge in [0.05, 0.1) is 12.3 Å². The van der Waals surface area contributed by atoms with Crippen molar-refractivity contribution in [3.05, 3.63) is 64.7 Å². The fourth-order valence-corrected chi connectivity index (χ4v) is 1.86. The smallest absolute Gasteiger partial charge is 0.271 e. The number of halogens is 1. The van der Waals surface area contributed by atoms with Crippen molar-refractivity contribution < 1.29 is 9.53 Å². The number of nitrogens with zero attached hydrogens (tertiary/aromatic N) is 1. The Morgan fingerprint density at radius 2 is 1.77 bits per heavy atom. The number of nitrogens with one attached hydrogen (secondary N) is 1. The van der Waals surface area contributed by atoms with Crippen molar-refractivity contribution in [2.75, 3.05) is 0 Å². The van der Waals surface area contributed by atoms with Gasteiger partial charge in [-0.05, 0) is 67.9 Å². The van der Waals surface area contributed by atoms with Crippen molar-refractivity contribution in [2.45, 2.75) is 20.0 Å². The lowest BCUT2D eigenvalue weighted by molar-refractivity contribution is 0.0955. The summed E-state index contributed by atoms with van der Waals surface area (Å²) in [5, 5.41) is 4.52. The molecule has 0 aliphatic rings. The van der Waals surface area contributed by atoms with Gasteiger partial charge in [-0.1, -0.05) is 11.6 Å². The minimum Gasteiger partial charge on any atom is -0.491 e. The Bertz CT molecular complexity index is 649. The quantitative estimate of drug-likeness (QED) is 0.672. The monoisotopic (exact) mass is 316 g/mol. The molecular weight excluding hydrogens is 300 g/mol. The number of carbonyl (C=O) groups excluding carboxylic acids is 1. The van der Waals surface area contributed by atoms with Crippen LogP contribution in [0, 0.1) is 0 Å². The van der Waals surface area contributed by atoms with Gasteiger partial charge in [0.15, 0.2) is 0 Å². The van der Waals surface area contributed by atoms with Crippen LogP contribution in [0.1, 0.15) is 29.8 Å². The number of ether oxygens (including phenoxy) is 1. The molecule has 0 radical (unpaired) electrons. The lowest BCUT2D eigenvalue weighted by atomic mass is 10.2. The SMILES string of the molecule is CC(C)Oc1ccc(/C=N/NC(=O)c2ccc(Cl)cc2)cc1. The highest BCUT2D eigenvalue weighted by Gasteiger charge is 2.03. The zero-order valence-electron chi connectivity index (χ0n) is 12.4. The van der Waals surface area contributed by atoms with Crippen LogP contribution in [0.4, 0.5) is 0 Å². The van der Waals surface area contributed by atoms with Gasteiger partial charge in [0.1, 0.15) is 5.75 Å². The second-order valence-electron chi connectivity index (χ2n) is 4.94. The molecule has 0 unspecified atom stereocenters. The molecule has 0 aromatic heterocycles. The number of hydrogen-bond acceptors (Lipinski definition) is 3. The molecule has 22 heavy (non-hydrogen) atoms. The molecule has 0 bridgehead atoms. The predicted molar refractivity (Wildman–Crippen MR) is 88.7 cm³/mol. The van der Waals surface area contributed by atoms with E-state index in [1.54, 1.807) is 30.5 Å². The Balaban J connectivity index is 1.91. The van der Waals surface area contributed by atoms with Crippen molar-refractivity contribution in [1.82, 2.24) is 5.43 Å². The summed E-state index contributed by atoms with van der Waals surface area (Å²) in [5.41, 5.74) is 3.84. The number of hydrogen-bond donors (Lipinski definition) is 1. The molecule has 114 valence electrons. The summed E-state index contributed by atoms with van der Waals surface area (Å²) in [6.45, 7) is 3.95. The Morgan fingerprint density at radius 3 is 2.36 bits per heavy atom. The first-order chi connectivity index (χ1) is 10.5. The molecule has 4 nitrogen and oxygen atoms in total. The summed E-state index contributed by atoms with van der Waals surface area (Å²) >= 11 is 5.77. The summed E-state index contributed by atoms with van der Waals surface area (Å²) in [6.07, 6.45) is 1.71. The van der Waals surface area contributed by atoms with Gasteiger partial charge in [-0.3, -0.25) is 4.79 Å². The van der Waals surface area contributed by atoms with Crippen LogP contribution in [0.15, 0.2) is 53.6 Å². The Morgan fingerprint density at radius 1 is 1.14 bits per heavy atom.